The second kappa shape index (κ2) is 5.42. The van der Waals surface area contributed by atoms with E-state index in [4.69, 9.17) is 16.0 Å². The van der Waals surface area contributed by atoms with Crippen LogP contribution in [0.2, 0.25) is 5.02 Å². The van der Waals surface area contributed by atoms with E-state index in [0.29, 0.717) is 11.6 Å². The highest BCUT2D eigenvalue weighted by atomic mass is 35.5. The Morgan fingerprint density at radius 1 is 1.48 bits per heavy atom. The number of nitrogens with zero attached hydrogens (tertiary/aromatic N) is 1. The van der Waals surface area contributed by atoms with Gasteiger partial charge in [-0.3, -0.25) is 4.79 Å². The molecule has 5 nitrogen and oxygen atoms in total. The van der Waals surface area contributed by atoms with Crippen LogP contribution in [0.3, 0.4) is 0 Å². The minimum absolute atomic E-state index is 0.0607. The van der Waals surface area contributed by atoms with Crippen molar-refractivity contribution >= 4 is 28.9 Å². The van der Waals surface area contributed by atoms with Crippen molar-refractivity contribution in [3.8, 4) is 0 Å². The topological polar surface area (TPSA) is 57.5 Å². The minimum atomic E-state index is -0.345. The Morgan fingerprint density at radius 2 is 2.29 bits per heavy atom. The molecule has 1 aliphatic rings. The fourth-order valence-corrected chi connectivity index (χ4v) is 2.89. The van der Waals surface area contributed by atoms with Crippen LogP contribution >= 0.6 is 11.6 Å². The van der Waals surface area contributed by atoms with Crippen molar-refractivity contribution in [1.82, 2.24) is 5.32 Å². The van der Waals surface area contributed by atoms with Crippen molar-refractivity contribution in [3.05, 3.63) is 46.9 Å². The summed E-state index contributed by atoms with van der Waals surface area (Å²) in [6.07, 6.45) is 1.64. The highest BCUT2D eigenvalue weighted by molar-refractivity contribution is 6.33. The van der Waals surface area contributed by atoms with E-state index in [1.807, 2.05) is 36.2 Å². The van der Waals surface area contributed by atoms with Gasteiger partial charge in [0, 0.05) is 18.3 Å². The Balaban J connectivity index is 1.91. The summed E-state index contributed by atoms with van der Waals surface area (Å²) in [6.45, 7) is 0.606. The van der Waals surface area contributed by atoms with E-state index in [0.717, 1.165) is 22.7 Å². The van der Waals surface area contributed by atoms with Crippen LogP contribution in [-0.4, -0.2) is 20.0 Å². The van der Waals surface area contributed by atoms with E-state index in [9.17, 15) is 4.79 Å². The summed E-state index contributed by atoms with van der Waals surface area (Å²) in [6, 6.07) is 7.16. The lowest BCUT2D eigenvalue weighted by molar-refractivity contribution is -0.117. The molecule has 1 aliphatic heterocycles. The number of hydrogen-bond acceptors (Lipinski definition) is 4. The lowest BCUT2D eigenvalue weighted by atomic mass is 10.1. The van der Waals surface area contributed by atoms with Crippen LogP contribution in [-0.2, 0) is 11.3 Å². The fourth-order valence-electron chi connectivity index (χ4n) is 2.57. The standard InChI is InChI=1S/C15H16ClN3O2/c1-17-14-10-6-11(16)13(7-12(10)18-15(14)20)19(2)8-9-4-3-5-21-9/h3-7,14,17H,8H2,1-2H3,(H,18,20). The number of likely N-dealkylation sites (N-methyl/N-ethyl adjacent to an activating group) is 1. The Morgan fingerprint density at radius 3 is 2.95 bits per heavy atom. The number of halogens is 1. The summed E-state index contributed by atoms with van der Waals surface area (Å²) >= 11 is 6.37. The van der Waals surface area contributed by atoms with Gasteiger partial charge in [-0.25, -0.2) is 0 Å². The zero-order chi connectivity index (χ0) is 15.0. The summed E-state index contributed by atoms with van der Waals surface area (Å²) in [5.74, 6) is 0.792. The maximum absolute atomic E-state index is 11.9. The second-order valence-electron chi connectivity index (χ2n) is 5.04. The van der Waals surface area contributed by atoms with Crippen LogP contribution in [0.4, 0.5) is 11.4 Å². The van der Waals surface area contributed by atoms with Gasteiger partial charge in [-0.05, 0) is 31.3 Å². The van der Waals surface area contributed by atoms with Crippen molar-refractivity contribution in [3.63, 3.8) is 0 Å². The molecule has 1 unspecified atom stereocenters. The molecule has 0 saturated heterocycles. The van der Waals surface area contributed by atoms with Crippen molar-refractivity contribution in [2.24, 2.45) is 0 Å². The molecule has 2 aromatic rings. The number of amides is 1. The molecule has 0 aliphatic carbocycles. The van der Waals surface area contributed by atoms with Gasteiger partial charge >= 0.3 is 0 Å². The van der Waals surface area contributed by atoms with Crippen molar-refractivity contribution in [2.75, 3.05) is 24.3 Å². The predicted molar refractivity (Wildman–Crippen MR) is 82.7 cm³/mol. The quantitative estimate of drug-likeness (QED) is 0.912. The van der Waals surface area contributed by atoms with E-state index >= 15 is 0 Å². The van der Waals surface area contributed by atoms with E-state index in [1.165, 1.54) is 0 Å². The van der Waals surface area contributed by atoms with E-state index < -0.39 is 0 Å². The number of fused-ring (bicyclic) bond motifs is 1. The highest BCUT2D eigenvalue weighted by Crippen LogP contribution is 2.38. The molecule has 1 atom stereocenters. The normalized spacial score (nSPS) is 16.7. The smallest absolute Gasteiger partial charge is 0.246 e. The van der Waals surface area contributed by atoms with Crippen LogP contribution in [0.5, 0.6) is 0 Å². The van der Waals surface area contributed by atoms with Crippen LogP contribution in [0.25, 0.3) is 0 Å². The zero-order valence-corrected chi connectivity index (χ0v) is 12.6. The average molecular weight is 306 g/mol. The van der Waals surface area contributed by atoms with Gasteiger partial charge in [-0.15, -0.1) is 0 Å². The molecular weight excluding hydrogens is 290 g/mol. The number of anilines is 2. The summed E-state index contributed by atoms with van der Waals surface area (Å²) in [5.41, 5.74) is 2.52. The molecule has 2 heterocycles. The van der Waals surface area contributed by atoms with E-state index in [2.05, 4.69) is 10.6 Å². The molecule has 0 radical (unpaired) electrons. The Kier molecular flexibility index (Phi) is 3.61. The second-order valence-corrected chi connectivity index (χ2v) is 5.44. The largest absolute Gasteiger partial charge is 0.467 e. The molecule has 1 aromatic heterocycles. The molecule has 6 heteroatoms. The van der Waals surface area contributed by atoms with Gasteiger partial charge in [-0.1, -0.05) is 11.6 Å². The molecule has 1 aromatic carbocycles. The Bertz CT molecular complexity index is 670. The first-order chi connectivity index (χ1) is 10.1. The first-order valence-electron chi connectivity index (χ1n) is 6.65. The van der Waals surface area contributed by atoms with Gasteiger partial charge in [0.05, 0.1) is 23.5 Å². The SMILES string of the molecule is CNC1C(=O)Nc2cc(N(C)Cc3ccco3)c(Cl)cc21. The number of benzene rings is 1. The summed E-state index contributed by atoms with van der Waals surface area (Å²) < 4.78 is 5.35. The molecule has 21 heavy (non-hydrogen) atoms. The first-order valence-corrected chi connectivity index (χ1v) is 7.03. The van der Waals surface area contributed by atoms with Gasteiger partial charge in [0.2, 0.25) is 5.91 Å². The summed E-state index contributed by atoms with van der Waals surface area (Å²) in [5, 5.41) is 6.46. The molecule has 0 spiro atoms. The maximum Gasteiger partial charge on any atom is 0.246 e. The van der Waals surface area contributed by atoms with Crippen LogP contribution in [0.15, 0.2) is 34.9 Å². The maximum atomic E-state index is 11.9. The molecule has 0 fully saturated rings. The zero-order valence-electron chi connectivity index (χ0n) is 11.8. The number of rotatable bonds is 4. The van der Waals surface area contributed by atoms with Crippen LogP contribution in [0.1, 0.15) is 17.4 Å². The number of carbonyl (C=O) groups excluding carboxylic acids is 1. The van der Waals surface area contributed by atoms with Crippen molar-refractivity contribution in [1.29, 1.82) is 0 Å². The molecule has 2 N–H and O–H groups in total. The molecular formula is C15H16ClN3O2. The monoisotopic (exact) mass is 305 g/mol. The predicted octanol–water partition coefficient (Wildman–Crippen LogP) is 2.78. The molecule has 3 rings (SSSR count). The number of furan rings is 1. The fraction of sp³-hybridized carbons (Fsp3) is 0.267. The van der Waals surface area contributed by atoms with Gasteiger partial charge in [-0.2, -0.15) is 0 Å². The average Bonchev–Trinajstić information content (AvgIpc) is 3.04. The lowest BCUT2D eigenvalue weighted by Crippen LogP contribution is -2.23. The third-order valence-corrected chi connectivity index (χ3v) is 3.93. The van der Waals surface area contributed by atoms with Crippen molar-refractivity contribution in [2.45, 2.75) is 12.6 Å². The van der Waals surface area contributed by atoms with Crippen LogP contribution < -0.4 is 15.5 Å². The van der Waals surface area contributed by atoms with Gasteiger partial charge < -0.3 is 20.0 Å². The number of nitrogens with one attached hydrogen (secondary N) is 2. The number of hydrogen-bond donors (Lipinski definition) is 2. The van der Waals surface area contributed by atoms with Gasteiger partial charge in [0.25, 0.3) is 0 Å². The van der Waals surface area contributed by atoms with E-state index in [1.54, 1.807) is 13.3 Å². The lowest BCUT2D eigenvalue weighted by Gasteiger charge is -2.20. The Labute approximate surface area is 127 Å². The molecule has 0 saturated carbocycles. The van der Waals surface area contributed by atoms with Gasteiger partial charge in [0.1, 0.15) is 11.8 Å². The minimum Gasteiger partial charge on any atom is -0.467 e. The number of carbonyl (C=O) groups is 1. The van der Waals surface area contributed by atoms with Gasteiger partial charge in [0.15, 0.2) is 0 Å². The summed E-state index contributed by atoms with van der Waals surface area (Å²) in [4.78, 5) is 13.9. The third kappa shape index (κ3) is 2.50. The molecule has 1 amide bonds. The van der Waals surface area contributed by atoms with Crippen molar-refractivity contribution < 1.29 is 9.21 Å². The molecule has 110 valence electrons. The first kappa shape index (κ1) is 14.0. The Hall–Kier alpha value is -1.98. The highest BCUT2D eigenvalue weighted by Gasteiger charge is 2.30. The van der Waals surface area contributed by atoms with E-state index in [-0.39, 0.29) is 11.9 Å². The molecule has 0 bridgehead atoms. The van der Waals surface area contributed by atoms with Crippen LogP contribution in [0, 0.1) is 0 Å². The summed E-state index contributed by atoms with van der Waals surface area (Å²) in [7, 11) is 3.69. The third-order valence-electron chi connectivity index (χ3n) is 3.62.